The summed E-state index contributed by atoms with van der Waals surface area (Å²) in [4.78, 5) is 28.8. The molecule has 0 saturated carbocycles. The number of nitrogens with zero attached hydrogens (tertiary/aromatic N) is 2. The van der Waals surface area contributed by atoms with Crippen molar-refractivity contribution in [3.8, 4) is 11.1 Å². The van der Waals surface area contributed by atoms with Crippen molar-refractivity contribution in [1.82, 2.24) is 9.80 Å². The van der Waals surface area contributed by atoms with Crippen molar-refractivity contribution in [3.63, 3.8) is 0 Å². The molecule has 2 aliphatic rings. The first kappa shape index (κ1) is 22.1. The van der Waals surface area contributed by atoms with Crippen molar-refractivity contribution < 1.29 is 19.1 Å². The maximum Gasteiger partial charge on any atom is 0.322 e. The number of carbonyl (C=O) groups excluding carboxylic acids is 2. The lowest BCUT2D eigenvalue weighted by Gasteiger charge is -2.58. The van der Waals surface area contributed by atoms with Gasteiger partial charge in [0.1, 0.15) is 12.4 Å². The Kier molecular flexibility index (Phi) is 5.79. The van der Waals surface area contributed by atoms with Crippen LogP contribution in [0.3, 0.4) is 0 Å². The van der Waals surface area contributed by atoms with Crippen LogP contribution in [0, 0.1) is 12.7 Å². The molecule has 5 rings (SSSR count). The first-order chi connectivity index (χ1) is 16.4. The Labute approximate surface area is 197 Å². The Morgan fingerprint density at radius 3 is 2.24 bits per heavy atom. The van der Waals surface area contributed by atoms with Crippen molar-refractivity contribution in [2.75, 3.05) is 25.0 Å². The molecule has 2 fully saturated rings. The molecule has 7 heteroatoms. The van der Waals surface area contributed by atoms with Gasteiger partial charge in [-0.25, -0.2) is 9.18 Å². The van der Waals surface area contributed by atoms with Gasteiger partial charge in [-0.2, -0.15) is 0 Å². The molecule has 3 aromatic carbocycles. The summed E-state index contributed by atoms with van der Waals surface area (Å²) in [6.45, 7) is 2.23. The van der Waals surface area contributed by atoms with Gasteiger partial charge in [0.25, 0.3) is 0 Å². The Morgan fingerprint density at radius 2 is 1.62 bits per heavy atom. The zero-order chi connectivity index (χ0) is 23.8. The fourth-order valence-corrected chi connectivity index (χ4v) is 5.03. The number of piperazine rings is 1. The first-order valence-electron chi connectivity index (χ1n) is 11.3. The van der Waals surface area contributed by atoms with Crippen LogP contribution < -0.4 is 5.32 Å². The highest BCUT2D eigenvalue weighted by Crippen LogP contribution is 2.43. The van der Waals surface area contributed by atoms with E-state index in [2.05, 4.69) is 48.6 Å². The second kappa shape index (κ2) is 8.91. The van der Waals surface area contributed by atoms with E-state index in [9.17, 15) is 19.1 Å². The maximum absolute atomic E-state index is 13.2. The van der Waals surface area contributed by atoms with Crippen LogP contribution in [0.15, 0.2) is 72.8 Å². The van der Waals surface area contributed by atoms with Crippen LogP contribution in [0.25, 0.3) is 11.1 Å². The number of aliphatic hydroxyl groups is 1. The molecule has 0 bridgehead atoms. The second-order valence-electron chi connectivity index (χ2n) is 8.95. The molecule has 174 valence electrons. The Hall–Kier alpha value is -3.71. The Morgan fingerprint density at radius 1 is 1.00 bits per heavy atom. The minimum absolute atomic E-state index is 0.0564. The maximum atomic E-state index is 13.2. The highest BCUT2D eigenvalue weighted by atomic mass is 19.1. The number of aryl methyl sites for hydroxylation is 1. The van der Waals surface area contributed by atoms with E-state index in [1.54, 1.807) is 4.90 Å². The molecule has 2 N–H and O–H groups in total. The van der Waals surface area contributed by atoms with Crippen LogP contribution >= 0.6 is 0 Å². The number of benzene rings is 3. The fraction of sp³-hybridized carbons (Fsp3) is 0.259. The van der Waals surface area contributed by atoms with Gasteiger partial charge in [0, 0.05) is 18.2 Å². The van der Waals surface area contributed by atoms with Crippen molar-refractivity contribution >= 4 is 17.6 Å². The van der Waals surface area contributed by atoms with Gasteiger partial charge >= 0.3 is 6.03 Å². The van der Waals surface area contributed by atoms with Gasteiger partial charge in [-0.15, -0.1) is 0 Å². The summed E-state index contributed by atoms with van der Waals surface area (Å²) in [6.07, 6.45) is 0. The van der Waals surface area contributed by atoms with Gasteiger partial charge in [0.05, 0.1) is 18.7 Å². The van der Waals surface area contributed by atoms with E-state index in [4.69, 9.17) is 0 Å². The molecule has 34 heavy (non-hydrogen) atoms. The van der Waals surface area contributed by atoms with E-state index < -0.39 is 6.03 Å². The third kappa shape index (κ3) is 4.03. The molecule has 3 aromatic rings. The van der Waals surface area contributed by atoms with Crippen LogP contribution in [0.5, 0.6) is 0 Å². The SMILES string of the molecule is Cc1ccc(-c2ccc([C@H]3[C@@H](CO)N4C(=O)CN(C(=O)Nc5ccc(F)cc5)C[C@H]34)cc2)cc1. The quantitative estimate of drug-likeness (QED) is 0.619. The summed E-state index contributed by atoms with van der Waals surface area (Å²) < 4.78 is 13.2. The molecule has 3 atom stereocenters. The lowest BCUT2D eigenvalue weighted by atomic mass is 9.73. The van der Waals surface area contributed by atoms with E-state index in [-0.39, 0.29) is 42.9 Å². The number of anilines is 1. The number of urea groups is 1. The number of hydrogen-bond acceptors (Lipinski definition) is 3. The molecule has 2 aliphatic heterocycles. The van der Waals surface area contributed by atoms with E-state index in [0.717, 1.165) is 16.7 Å². The van der Waals surface area contributed by atoms with Gasteiger partial charge < -0.3 is 20.2 Å². The lowest BCUT2D eigenvalue weighted by Crippen LogP contribution is -2.73. The molecule has 0 aromatic heterocycles. The highest BCUT2D eigenvalue weighted by Gasteiger charge is 2.54. The number of carbonyl (C=O) groups is 2. The average molecular weight is 460 g/mol. The fourth-order valence-electron chi connectivity index (χ4n) is 5.03. The number of amides is 3. The molecule has 2 saturated heterocycles. The molecular formula is C27H26FN3O3. The molecule has 0 aliphatic carbocycles. The summed E-state index contributed by atoms with van der Waals surface area (Å²) in [5.41, 5.74) is 4.93. The highest BCUT2D eigenvalue weighted by molar-refractivity contribution is 5.93. The van der Waals surface area contributed by atoms with Crippen LogP contribution in [0.4, 0.5) is 14.9 Å². The zero-order valence-electron chi connectivity index (χ0n) is 18.8. The zero-order valence-corrected chi connectivity index (χ0v) is 18.8. The van der Waals surface area contributed by atoms with Gasteiger partial charge in [0.2, 0.25) is 5.91 Å². The largest absolute Gasteiger partial charge is 0.394 e. The van der Waals surface area contributed by atoms with Crippen LogP contribution in [0.2, 0.25) is 0 Å². The predicted octanol–water partition coefficient (Wildman–Crippen LogP) is 4.00. The second-order valence-corrected chi connectivity index (χ2v) is 8.95. The van der Waals surface area contributed by atoms with Gasteiger partial charge in [-0.3, -0.25) is 4.79 Å². The lowest BCUT2D eigenvalue weighted by molar-refractivity contribution is -0.159. The molecule has 0 unspecified atom stereocenters. The molecule has 6 nitrogen and oxygen atoms in total. The van der Waals surface area contributed by atoms with Crippen molar-refractivity contribution in [2.24, 2.45) is 0 Å². The topological polar surface area (TPSA) is 72.9 Å². The number of rotatable bonds is 4. The predicted molar refractivity (Wildman–Crippen MR) is 128 cm³/mol. The minimum Gasteiger partial charge on any atom is -0.394 e. The minimum atomic E-state index is -0.402. The summed E-state index contributed by atoms with van der Waals surface area (Å²) >= 11 is 0. The summed E-state index contributed by atoms with van der Waals surface area (Å²) in [7, 11) is 0. The van der Waals surface area contributed by atoms with E-state index >= 15 is 0 Å². The number of nitrogens with one attached hydrogen (secondary N) is 1. The molecule has 0 radical (unpaired) electrons. The summed E-state index contributed by atoms with van der Waals surface area (Å²) in [6, 6.07) is 21.1. The van der Waals surface area contributed by atoms with Crippen molar-refractivity contribution in [1.29, 1.82) is 0 Å². The molecule has 3 amide bonds. The molecule has 2 heterocycles. The third-order valence-electron chi connectivity index (χ3n) is 6.82. The molecule has 0 spiro atoms. The number of fused-ring (bicyclic) bond motifs is 1. The van der Waals surface area contributed by atoms with Crippen LogP contribution in [-0.2, 0) is 4.79 Å². The summed E-state index contributed by atoms with van der Waals surface area (Å²) in [5, 5.41) is 12.7. The Bertz CT molecular complexity index is 1200. The third-order valence-corrected chi connectivity index (χ3v) is 6.82. The van der Waals surface area contributed by atoms with E-state index in [1.807, 2.05) is 12.1 Å². The van der Waals surface area contributed by atoms with Gasteiger partial charge in [-0.05, 0) is 47.9 Å². The number of hydrogen-bond donors (Lipinski definition) is 2. The first-order valence-corrected chi connectivity index (χ1v) is 11.3. The van der Waals surface area contributed by atoms with Crippen molar-refractivity contribution in [3.05, 3.63) is 89.7 Å². The van der Waals surface area contributed by atoms with Crippen LogP contribution in [-0.4, -0.2) is 58.6 Å². The standard InChI is InChI=1S/C27H26FN3O3/c1-17-2-4-18(5-3-17)19-6-8-20(9-7-19)26-23-14-30(15-25(33)31(23)24(26)16-32)27(34)29-22-12-10-21(28)11-13-22/h2-13,23-24,26,32H,14-16H2,1H3,(H,29,34)/t23-,24-,26-/m1/s1. The number of aliphatic hydroxyl groups excluding tert-OH is 1. The molecular weight excluding hydrogens is 433 g/mol. The Balaban J connectivity index is 1.33. The monoisotopic (exact) mass is 459 g/mol. The summed E-state index contributed by atoms with van der Waals surface area (Å²) in [5.74, 6) is -0.637. The van der Waals surface area contributed by atoms with E-state index in [0.29, 0.717) is 12.2 Å². The average Bonchev–Trinajstić information content (AvgIpc) is 2.83. The van der Waals surface area contributed by atoms with Gasteiger partial charge in [0.15, 0.2) is 0 Å². The van der Waals surface area contributed by atoms with Crippen LogP contribution in [0.1, 0.15) is 17.0 Å². The van der Waals surface area contributed by atoms with E-state index in [1.165, 1.54) is 34.7 Å². The number of halogens is 1. The van der Waals surface area contributed by atoms with Crippen molar-refractivity contribution in [2.45, 2.75) is 24.9 Å². The smallest absolute Gasteiger partial charge is 0.322 e. The normalized spacial score (nSPS) is 21.6. The van der Waals surface area contributed by atoms with Gasteiger partial charge in [-0.1, -0.05) is 54.1 Å².